The molecular formula is C12H17ClN2O. The Labute approximate surface area is 101 Å². The Morgan fingerprint density at radius 2 is 2.19 bits per heavy atom. The predicted octanol–water partition coefficient (Wildman–Crippen LogP) is 2.63. The SMILES string of the molecule is NCC1CCCCC1Oc1ccc(Cl)cn1. The van der Waals surface area contributed by atoms with Gasteiger partial charge in [0.1, 0.15) is 6.10 Å². The fourth-order valence-electron chi connectivity index (χ4n) is 2.19. The number of rotatable bonds is 3. The molecule has 1 aromatic rings. The quantitative estimate of drug-likeness (QED) is 0.884. The van der Waals surface area contributed by atoms with Gasteiger partial charge in [-0.25, -0.2) is 4.98 Å². The van der Waals surface area contributed by atoms with E-state index >= 15 is 0 Å². The number of nitrogens with two attached hydrogens (primary N) is 1. The maximum absolute atomic E-state index is 5.86. The Hall–Kier alpha value is -0.800. The molecule has 1 aromatic heterocycles. The second-order valence-electron chi connectivity index (χ2n) is 4.25. The van der Waals surface area contributed by atoms with Crippen LogP contribution in [0.5, 0.6) is 5.88 Å². The lowest BCUT2D eigenvalue weighted by Gasteiger charge is -2.30. The van der Waals surface area contributed by atoms with E-state index < -0.39 is 0 Å². The number of ether oxygens (including phenoxy) is 1. The molecule has 0 spiro atoms. The first-order chi connectivity index (χ1) is 7.79. The van der Waals surface area contributed by atoms with Crippen LogP contribution in [0.3, 0.4) is 0 Å². The largest absolute Gasteiger partial charge is 0.474 e. The first-order valence-electron chi connectivity index (χ1n) is 5.78. The van der Waals surface area contributed by atoms with E-state index in [1.807, 2.05) is 6.07 Å². The van der Waals surface area contributed by atoms with Crippen LogP contribution in [0.25, 0.3) is 0 Å². The van der Waals surface area contributed by atoms with Gasteiger partial charge < -0.3 is 10.5 Å². The van der Waals surface area contributed by atoms with Crippen molar-refractivity contribution in [1.82, 2.24) is 4.98 Å². The minimum absolute atomic E-state index is 0.215. The van der Waals surface area contributed by atoms with Crippen LogP contribution in [0.15, 0.2) is 18.3 Å². The predicted molar refractivity (Wildman–Crippen MR) is 64.7 cm³/mol. The summed E-state index contributed by atoms with van der Waals surface area (Å²) >= 11 is 5.77. The van der Waals surface area contributed by atoms with Crippen LogP contribution in [0.2, 0.25) is 5.02 Å². The van der Waals surface area contributed by atoms with Gasteiger partial charge in [0.25, 0.3) is 0 Å². The summed E-state index contributed by atoms with van der Waals surface area (Å²) in [6.07, 6.45) is 6.54. The highest BCUT2D eigenvalue weighted by Crippen LogP contribution is 2.27. The first-order valence-corrected chi connectivity index (χ1v) is 6.15. The number of nitrogens with zero attached hydrogens (tertiary/aromatic N) is 1. The summed E-state index contributed by atoms with van der Waals surface area (Å²) in [5.74, 6) is 1.11. The van der Waals surface area contributed by atoms with E-state index in [2.05, 4.69) is 4.98 Å². The molecule has 1 fully saturated rings. The zero-order chi connectivity index (χ0) is 11.4. The fraction of sp³-hybridized carbons (Fsp3) is 0.583. The van der Waals surface area contributed by atoms with E-state index in [0.717, 1.165) is 12.8 Å². The number of hydrogen-bond acceptors (Lipinski definition) is 3. The molecule has 4 heteroatoms. The smallest absolute Gasteiger partial charge is 0.213 e. The van der Waals surface area contributed by atoms with Gasteiger partial charge in [-0.15, -0.1) is 0 Å². The highest BCUT2D eigenvalue weighted by molar-refractivity contribution is 6.30. The Morgan fingerprint density at radius 3 is 2.88 bits per heavy atom. The average Bonchev–Trinajstić information content (AvgIpc) is 2.33. The fourth-order valence-corrected chi connectivity index (χ4v) is 2.30. The van der Waals surface area contributed by atoms with Crippen molar-refractivity contribution < 1.29 is 4.74 Å². The number of halogens is 1. The highest BCUT2D eigenvalue weighted by atomic mass is 35.5. The molecule has 0 radical (unpaired) electrons. The van der Waals surface area contributed by atoms with E-state index in [0.29, 0.717) is 23.4 Å². The molecule has 2 unspecified atom stereocenters. The van der Waals surface area contributed by atoms with Gasteiger partial charge in [-0.3, -0.25) is 0 Å². The molecule has 1 aliphatic rings. The van der Waals surface area contributed by atoms with Crippen LogP contribution in [0.4, 0.5) is 0 Å². The monoisotopic (exact) mass is 240 g/mol. The van der Waals surface area contributed by atoms with Crippen molar-refractivity contribution in [1.29, 1.82) is 0 Å². The van der Waals surface area contributed by atoms with Crippen molar-refractivity contribution in [3.05, 3.63) is 23.4 Å². The maximum atomic E-state index is 5.86. The Kier molecular flexibility index (Phi) is 4.02. The van der Waals surface area contributed by atoms with Crippen molar-refractivity contribution >= 4 is 11.6 Å². The van der Waals surface area contributed by atoms with Crippen molar-refractivity contribution in [2.75, 3.05) is 6.54 Å². The summed E-state index contributed by atoms with van der Waals surface area (Å²) in [7, 11) is 0. The van der Waals surface area contributed by atoms with Crippen LogP contribution in [-0.4, -0.2) is 17.6 Å². The lowest BCUT2D eigenvalue weighted by Crippen LogP contribution is -2.35. The summed E-state index contributed by atoms with van der Waals surface area (Å²) in [6, 6.07) is 3.61. The van der Waals surface area contributed by atoms with Crippen LogP contribution in [0.1, 0.15) is 25.7 Å². The van der Waals surface area contributed by atoms with Gasteiger partial charge in [0.05, 0.1) is 5.02 Å². The van der Waals surface area contributed by atoms with Crippen LogP contribution in [0, 0.1) is 5.92 Å². The third kappa shape index (κ3) is 2.86. The lowest BCUT2D eigenvalue weighted by molar-refractivity contribution is 0.0923. The summed E-state index contributed by atoms with van der Waals surface area (Å²) < 4.78 is 5.86. The molecule has 1 saturated carbocycles. The average molecular weight is 241 g/mol. The summed E-state index contributed by atoms with van der Waals surface area (Å²) in [5, 5.41) is 0.631. The topological polar surface area (TPSA) is 48.1 Å². The number of pyridine rings is 1. The molecule has 2 atom stereocenters. The molecule has 0 amide bonds. The van der Waals surface area contributed by atoms with Crippen molar-refractivity contribution in [2.24, 2.45) is 11.7 Å². The molecule has 16 heavy (non-hydrogen) atoms. The van der Waals surface area contributed by atoms with Gasteiger partial charge in [-0.2, -0.15) is 0 Å². The lowest BCUT2D eigenvalue weighted by atomic mass is 9.86. The van der Waals surface area contributed by atoms with Gasteiger partial charge in [0.2, 0.25) is 5.88 Å². The van der Waals surface area contributed by atoms with E-state index in [-0.39, 0.29) is 6.10 Å². The van der Waals surface area contributed by atoms with Crippen molar-refractivity contribution in [3.63, 3.8) is 0 Å². The zero-order valence-electron chi connectivity index (χ0n) is 9.23. The normalized spacial score (nSPS) is 25.4. The van der Waals surface area contributed by atoms with E-state index in [1.165, 1.54) is 12.8 Å². The minimum Gasteiger partial charge on any atom is -0.474 e. The van der Waals surface area contributed by atoms with Gasteiger partial charge in [-0.05, 0) is 31.9 Å². The molecule has 1 heterocycles. The number of hydrogen-bond donors (Lipinski definition) is 1. The van der Waals surface area contributed by atoms with Gasteiger partial charge in [-0.1, -0.05) is 18.0 Å². The van der Waals surface area contributed by atoms with Crippen LogP contribution < -0.4 is 10.5 Å². The standard InChI is InChI=1S/C12H17ClN2O/c13-10-5-6-12(15-8-10)16-11-4-2-1-3-9(11)7-14/h5-6,8-9,11H,1-4,7,14H2. The molecule has 0 bridgehead atoms. The molecule has 0 saturated heterocycles. The highest BCUT2D eigenvalue weighted by Gasteiger charge is 2.25. The zero-order valence-corrected chi connectivity index (χ0v) is 9.99. The third-order valence-corrected chi connectivity index (χ3v) is 3.34. The van der Waals surface area contributed by atoms with Gasteiger partial charge in [0.15, 0.2) is 0 Å². The van der Waals surface area contributed by atoms with E-state index in [4.69, 9.17) is 22.1 Å². The van der Waals surface area contributed by atoms with E-state index in [9.17, 15) is 0 Å². The summed E-state index contributed by atoms with van der Waals surface area (Å²) in [4.78, 5) is 4.15. The molecule has 2 N–H and O–H groups in total. The Bertz CT molecular complexity index is 328. The summed E-state index contributed by atoms with van der Waals surface area (Å²) in [5.41, 5.74) is 5.75. The molecule has 0 aromatic carbocycles. The van der Waals surface area contributed by atoms with Gasteiger partial charge >= 0.3 is 0 Å². The minimum atomic E-state index is 0.215. The maximum Gasteiger partial charge on any atom is 0.213 e. The van der Waals surface area contributed by atoms with Crippen LogP contribution >= 0.6 is 11.6 Å². The molecule has 3 nitrogen and oxygen atoms in total. The Morgan fingerprint density at radius 1 is 1.38 bits per heavy atom. The second kappa shape index (κ2) is 5.51. The van der Waals surface area contributed by atoms with E-state index in [1.54, 1.807) is 12.3 Å². The van der Waals surface area contributed by atoms with Crippen LogP contribution in [-0.2, 0) is 0 Å². The van der Waals surface area contributed by atoms with Crippen molar-refractivity contribution in [2.45, 2.75) is 31.8 Å². The molecule has 0 aliphatic heterocycles. The third-order valence-electron chi connectivity index (χ3n) is 3.11. The summed E-state index contributed by atoms with van der Waals surface area (Å²) in [6.45, 7) is 0.693. The first kappa shape index (κ1) is 11.7. The van der Waals surface area contributed by atoms with Crippen molar-refractivity contribution in [3.8, 4) is 5.88 Å². The molecular weight excluding hydrogens is 224 g/mol. The second-order valence-corrected chi connectivity index (χ2v) is 4.69. The molecule has 1 aliphatic carbocycles. The Balaban J connectivity index is 1.99. The molecule has 2 rings (SSSR count). The number of aromatic nitrogens is 1. The van der Waals surface area contributed by atoms with Gasteiger partial charge in [0, 0.05) is 18.2 Å². The molecule has 88 valence electrons.